The molecular formula is C13H22N2OS. The van der Waals surface area contributed by atoms with Gasteiger partial charge in [-0.25, -0.2) is 0 Å². The molecule has 2 unspecified atom stereocenters. The summed E-state index contributed by atoms with van der Waals surface area (Å²) in [7, 11) is 0. The van der Waals surface area contributed by atoms with Crippen molar-refractivity contribution < 1.29 is 4.79 Å². The largest absolute Gasteiger partial charge is 0.392 e. The summed E-state index contributed by atoms with van der Waals surface area (Å²) in [5.74, 6) is 0.848. The summed E-state index contributed by atoms with van der Waals surface area (Å²) in [6, 6.07) is 0.341. The summed E-state index contributed by atoms with van der Waals surface area (Å²) in [5, 5.41) is 3.16. The summed E-state index contributed by atoms with van der Waals surface area (Å²) in [5.41, 5.74) is 5.17. The monoisotopic (exact) mass is 254 g/mol. The van der Waals surface area contributed by atoms with Gasteiger partial charge in [0.05, 0.1) is 10.4 Å². The van der Waals surface area contributed by atoms with Crippen LogP contribution in [0.25, 0.3) is 0 Å². The number of nitrogens with two attached hydrogens (primary N) is 1. The summed E-state index contributed by atoms with van der Waals surface area (Å²) >= 11 is 5.00. The van der Waals surface area contributed by atoms with Crippen molar-refractivity contribution in [2.75, 3.05) is 0 Å². The molecule has 3 nitrogen and oxygen atoms in total. The van der Waals surface area contributed by atoms with Crippen molar-refractivity contribution in [2.24, 2.45) is 17.1 Å². The lowest BCUT2D eigenvalue weighted by Crippen LogP contribution is -2.45. The molecule has 2 aliphatic rings. The molecule has 0 aromatic rings. The number of amides is 1. The van der Waals surface area contributed by atoms with E-state index in [0.717, 1.165) is 31.6 Å². The average molecular weight is 254 g/mol. The second kappa shape index (κ2) is 4.92. The Balaban J connectivity index is 1.89. The van der Waals surface area contributed by atoms with Crippen LogP contribution in [-0.2, 0) is 4.79 Å². The molecule has 17 heavy (non-hydrogen) atoms. The molecule has 96 valence electrons. The number of hydrogen-bond acceptors (Lipinski definition) is 2. The Hall–Kier alpha value is -0.640. The highest BCUT2D eigenvalue weighted by Gasteiger charge is 2.53. The molecule has 4 heteroatoms. The van der Waals surface area contributed by atoms with Crippen LogP contribution in [0, 0.1) is 11.3 Å². The van der Waals surface area contributed by atoms with Crippen LogP contribution in [0.1, 0.15) is 51.9 Å². The first-order valence-corrected chi connectivity index (χ1v) is 7.10. The number of carbonyl (C=O) groups is 1. The minimum atomic E-state index is -0.492. The molecule has 2 fully saturated rings. The van der Waals surface area contributed by atoms with Gasteiger partial charge in [-0.2, -0.15) is 0 Å². The normalized spacial score (nSPS) is 30.6. The van der Waals surface area contributed by atoms with E-state index in [4.69, 9.17) is 18.0 Å². The van der Waals surface area contributed by atoms with Crippen molar-refractivity contribution >= 4 is 23.1 Å². The summed E-state index contributed by atoms with van der Waals surface area (Å²) < 4.78 is 0. The van der Waals surface area contributed by atoms with E-state index in [0.29, 0.717) is 11.0 Å². The highest BCUT2D eigenvalue weighted by atomic mass is 32.1. The molecule has 2 rings (SSSR count). The van der Waals surface area contributed by atoms with Crippen LogP contribution >= 0.6 is 12.2 Å². The molecule has 2 atom stereocenters. The van der Waals surface area contributed by atoms with Gasteiger partial charge in [0.1, 0.15) is 0 Å². The molecule has 0 heterocycles. The van der Waals surface area contributed by atoms with Gasteiger partial charge < -0.3 is 11.1 Å². The SMILES string of the molecule is CCC1CCCC(NC(=O)C2(C(N)=S)CC2)C1. The topological polar surface area (TPSA) is 55.1 Å². The van der Waals surface area contributed by atoms with Crippen molar-refractivity contribution in [3.8, 4) is 0 Å². The maximum Gasteiger partial charge on any atom is 0.233 e. The lowest BCUT2D eigenvalue weighted by Gasteiger charge is -2.30. The molecule has 0 radical (unpaired) electrons. The second-order valence-corrected chi connectivity index (χ2v) is 6.00. The summed E-state index contributed by atoms with van der Waals surface area (Å²) in [6.45, 7) is 2.23. The zero-order valence-electron chi connectivity index (χ0n) is 10.5. The molecule has 0 spiro atoms. The standard InChI is InChI=1S/C13H22N2OS/c1-2-9-4-3-5-10(8-9)15-12(16)13(6-7-13)11(14)17/h9-10H,2-8H2,1H3,(H2,14,17)(H,15,16). The van der Waals surface area contributed by atoms with Crippen molar-refractivity contribution in [1.29, 1.82) is 0 Å². The van der Waals surface area contributed by atoms with E-state index in [1.165, 1.54) is 19.3 Å². The fourth-order valence-corrected chi connectivity index (χ4v) is 3.12. The molecule has 0 aliphatic heterocycles. The third-order valence-corrected chi connectivity index (χ3v) is 4.74. The van der Waals surface area contributed by atoms with Crippen LogP contribution in [0.5, 0.6) is 0 Å². The van der Waals surface area contributed by atoms with E-state index in [1.54, 1.807) is 0 Å². The number of nitrogens with one attached hydrogen (secondary N) is 1. The smallest absolute Gasteiger partial charge is 0.233 e. The minimum Gasteiger partial charge on any atom is -0.392 e. The van der Waals surface area contributed by atoms with Crippen LogP contribution in [0.3, 0.4) is 0 Å². The van der Waals surface area contributed by atoms with E-state index in [9.17, 15) is 4.79 Å². The zero-order valence-corrected chi connectivity index (χ0v) is 11.3. The molecule has 2 aliphatic carbocycles. The van der Waals surface area contributed by atoms with Crippen LogP contribution in [0.4, 0.5) is 0 Å². The van der Waals surface area contributed by atoms with Crippen molar-refractivity contribution in [3.63, 3.8) is 0 Å². The van der Waals surface area contributed by atoms with Gasteiger partial charge in [0.25, 0.3) is 0 Å². The van der Waals surface area contributed by atoms with Crippen molar-refractivity contribution in [2.45, 2.75) is 57.9 Å². The predicted octanol–water partition coefficient (Wildman–Crippen LogP) is 2.14. The number of hydrogen-bond donors (Lipinski definition) is 2. The van der Waals surface area contributed by atoms with Gasteiger partial charge in [0.15, 0.2) is 0 Å². The first-order chi connectivity index (χ1) is 8.08. The Labute approximate surface area is 109 Å². The second-order valence-electron chi connectivity index (χ2n) is 5.56. The van der Waals surface area contributed by atoms with Crippen LogP contribution in [-0.4, -0.2) is 16.9 Å². The van der Waals surface area contributed by atoms with Gasteiger partial charge in [-0.05, 0) is 31.6 Å². The van der Waals surface area contributed by atoms with Gasteiger partial charge in [0, 0.05) is 6.04 Å². The Kier molecular flexibility index (Phi) is 3.71. The van der Waals surface area contributed by atoms with Crippen LogP contribution in [0.15, 0.2) is 0 Å². The van der Waals surface area contributed by atoms with E-state index >= 15 is 0 Å². The van der Waals surface area contributed by atoms with E-state index in [1.807, 2.05) is 0 Å². The number of rotatable bonds is 4. The Bertz CT molecular complexity index is 325. The molecule has 1 amide bonds. The average Bonchev–Trinajstić information content (AvgIpc) is 3.10. The summed E-state index contributed by atoms with van der Waals surface area (Å²) in [4.78, 5) is 12.5. The fourth-order valence-electron chi connectivity index (χ4n) is 2.83. The maximum atomic E-state index is 12.2. The Morgan fingerprint density at radius 3 is 2.71 bits per heavy atom. The molecule has 3 N–H and O–H groups in total. The van der Waals surface area contributed by atoms with E-state index in [-0.39, 0.29) is 5.91 Å². The Morgan fingerprint density at radius 1 is 1.47 bits per heavy atom. The van der Waals surface area contributed by atoms with E-state index < -0.39 is 5.41 Å². The highest BCUT2D eigenvalue weighted by molar-refractivity contribution is 7.80. The molecule has 0 aromatic heterocycles. The molecule has 0 aromatic carbocycles. The molecule has 0 bridgehead atoms. The Morgan fingerprint density at radius 2 is 2.18 bits per heavy atom. The van der Waals surface area contributed by atoms with Gasteiger partial charge in [0.2, 0.25) is 5.91 Å². The van der Waals surface area contributed by atoms with Crippen molar-refractivity contribution in [1.82, 2.24) is 5.32 Å². The number of carbonyl (C=O) groups excluding carboxylic acids is 1. The lowest BCUT2D eigenvalue weighted by atomic mass is 9.84. The maximum absolute atomic E-state index is 12.2. The zero-order chi connectivity index (χ0) is 12.5. The first-order valence-electron chi connectivity index (χ1n) is 6.69. The molecule has 0 saturated heterocycles. The van der Waals surface area contributed by atoms with Gasteiger partial charge >= 0.3 is 0 Å². The van der Waals surface area contributed by atoms with Crippen molar-refractivity contribution in [3.05, 3.63) is 0 Å². The quantitative estimate of drug-likeness (QED) is 0.756. The molecule has 2 saturated carbocycles. The van der Waals surface area contributed by atoms with Gasteiger partial charge in [-0.1, -0.05) is 38.4 Å². The molecular weight excluding hydrogens is 232 g/mol. The summed E-state index contributed by atoms with van der Waals surface area (Å²) in [6.07, 6.45) is 7.64. The fraction of sp³-hybridized carbons (Fsp3) is 0.846. The third kappa shape index (κ3) is 2.62. The highest BCUT2D eigenvalue weighted by Crippen LogP contribution is 2.46. The first kappa shape index (κ1) is 12.8. The van der Waals surface area contributed by atoms with Crippen LogP contribution < -0.4 is 11.1 Å². The number of thiocarbonyl (C=S) groups is 1. The predicted molar refractivity (Wildman–Crippen MR) is 72.6 cm³/mol. The lowest BCUT2D eigenvalue weighted by molar-refractivity contribution is -0.125. The van der Waals surface area contributed by atoms with Gasteiger partial charge in [-0.15, -0.1) is 0 Å². The minimum absolute atomic E-state index is 0.0757. The van der Waals surface area contributed by atoms with Gasteiger partial charge in [-0.3, -0.25) is 4.79 Å². The van der Waals surface area contributed by atoms with Crippen LogP contribution in [0.2, 0.25) is 0 Å². The third-order valence-electron chi connectivity index (χ3n) is 4.35. The van der Waals surface area contributed by atoms with E-state index in [2.05, 4.69) is 12.2 Å².